The van der Waals surface area contributed by atoms with Crippen LogP contribution in [0.3, 0.4) is 0 Å². The molecule has 1 unspecified atom stereocenters. The topological polar surface area (TPSA) is 62.6 Å². The largest absolute Gasteiger partial charge is 0.497 e. The van der Waals surface area contributed by atoms with E-state index in [0.29, 0.717) is 11.7 Å². The molecule has 1 aliphatic rings. The van der Waals surface area contributed by atoms with E-state index in [9.17, 15) is 10.1 Å². The number of carbonyl (C=O) groups excluding carboxylic acids is 1. The molecule has 53 heavy (non-hydrogen) atoms. The van der Waals surface area contributed by atoms with Gasteiger partial charge >= 0.3 is 5.97 Å². The molecule has 0 spiro atoms. The van der Waals surface area contributed by atoms with Crippen LogP contribution in [-0.4, -0.2) is 26.2 Å². The molecule has 0 aliphatic heterocycles. The van der Waals surface area contributed by atoms with Gasteiger partial charge in [-0.1, -0.05) is 138 Å². The molecule has 0 saturated heterocycles. The fraction of sp³-hybridized carbons (Fsp3) is 0.417. The number of esters is 1. The van der Waals surface area contributed by atoms with Gasteiger partial charge in [0.1, 0.15) is 23.1 Å². The van der Waals surface area contributed by atoms with Gasteiger partial charge in [-0.3, -0.25) is 0 Å². The number of anilines is 1. The van der Waals surface area contributed by atoms with Crippen LogP contribution < -0.4 is 14.4 Å². The number of nitriles is 1. The second-order valence-electron chi connectivity index (χ2n) is 14.5. The first kappa shape index (κ1) is 39.4. The molecule has 0 heterocycles. The molecule has 278 valence electrons. The lowest BCUT2D eigenvalue weighted by Gasteiger charge is -2.44. The summed E-state index contributed by atoms with van der Waals surface area (Å²) >= 11 is 0. The van der Waals surface area contributed by atoms with Gasteiger partial charge in [0.15, 0.2) is 0 Å². The minimum Gasteiger partial charge on any atom is -0.497 e. The average molecular weight is 711 g/mol. The van der Waals surface area contributed by atoms with Crippen LogP contribution >= 0.6 is 0 Å². The van der Waals surface area contributed by atoms with Gasteiger partial charge in [0, 0.05) is 24.2 Å². The lowest BCUT2D eigenvalue weighted by molar-refractivity contribution is -0.129. The van der Waals surface area contributed by atoms with Crippen LogP contribution in [0.25, 0.3) is 6.08 Å². The van der Waals surface area contributed by atoms with Crippen molar-refractivity contribution in [3.8, 4) is 17.6 Å². The van der Waals surface area contributed by atoms with Crippen LogP contribution in [0.1, 0.15) is 120 Å². The van der Waals surface area contributed by atoms with Crippen molar-refractivity contribution in [3.63, 3.8) is 0 Å². The Morgan fingerprint density at radius 3 is 1.87 bits per heavy atom. The van der Waals surface area contributed by atoms with E-state index in [2.05, 4.69) is 91.5 Å². The molecule has 5 nitrogen and oxygen atoms in total. The molecule has 4 aromatic rings. The number of carbonyl (C=O) groups is 1. The third kappa shape index (κ3) is 10.2. The summed E-state index contributed by atoms with van der Waals surface area (Å²) < 4.78 is 11.3. The van der Waals surface area contributed by atoms with Crippen molar-refractivity contribution >= 4 is 17.7 Å². The molecule has 4 aromatic carbocycles. The van der Waals surface area contributed by atoms with Gasteiger partial charge in [0.2, 0.25) is 0 Å². The highest BCUT2D eigenvalue weighted by molar-refractivity contribution is 5.99. The van der Waals surface area contributed by atoms with E-state index in [1.165, 1.54) is 81.8 Å². The molecule has 0 aromatic heterocycles. The van der Waals surface area contributed by atoms with E-state index in [1.807, 2.05) is 36.4 Å². The first-order valence-corrected chi connectivity index (χ1v) is 20.0. The van der Waals surface area contributed by atoms with E-state index in [-0.39, 0.29) is 11.0 Å². The van der Waals surface area contributed by atoms with E-state index in [1.54, 1.807) is 13.2 Å². The van der Waals surface area contributed by atoms with E-state index in [4.69, 9.17) is 9.47 Å². The van der Waals surface area contributed by atoms with Gasteiger partial charge in [0.25, 0.3) is 0 Å². The standard InChI is InChI=1S/C48H58N2O3/c1-4-6-7-8-9-10-11-18-35-50(5-2)44-29-23-38(24-30-44)36-39(37-49)47(51)53-46-33-27-43(28-34-46)48(40-19-14-12-15-20-40,41-21-16-13-17-22-41)42-25-31-45(52-3)32-26-42/h12,14-15,19-20,23-34,36,41H,4-11,13,16-18,21-22,35H2,1-3H3. The molecule has 1 aliphatic carbocycles. The maximum absolute atomic E-state index is 13.3. The Kier molecular flexibility index (Phi) is 15.2. The third-order valence-electron chi connectivity index (χ3n) is 11.1. The summed E-state index contributed by atoms with van der Waals surface area (Å²) in [5.74, 6) is 0.978. The number of unbranched alkanes of at least 4 members (excludes halogenated alkanes) is 7. The number of hydrogen-bond acceptors (Lipinski definition) is 5. The minimum absolute atomic E-state index is 0.0350. The average Bonchev–Trinajstić information content (AvgIpc) is 3.21. The molecule has 1 saturated carbocycles. The molecule has 0 amide bonds. The Morgan fingerprint density at radius 1 is 0.736 bits per heavy atom. The maximum Gasteiger partial charge on any atom is 0.354 e. The molecule has 0 N–H and O–H groups in total. The first-order valence-electron chi connectivity index (χ1n) is 20.0. The van der Waals surface area contributed by atoms with Crippen molar-refractivity contribution in [3.05, 3.63) is 131 Å². The highest BCUT2D eigenvalue weighted by atomic mass is 16.5. The summed E-state index contributed by atoms with van der Waals surface area (Å²) in [6, 6.07) is 37.4. The smallest absolute Gasteiger partial charge is 0.354 e. The summed E-state index contributed by atoms with van der Waals surface area (Å²) in [6.07, 6.45) is 18.0. The number of benzene rings is 4. The first-order chi connectivity index (χ1) is 26.0. The number of methoxy groups -OCH3 is 1. The van der Waals surface area contributed by atoms with E-state index in [0.717, 1.165) is 48.5 Å². The lowest BCUT2D eigenvalue weighted by Crippen LogP contribution is -2.39. The molecule has 5 rings (SSSR count). The second-order valence-corrected chi connectivity index (χ2v) is 14.5. The van der Waals surface area contributed by atoms with Crippen LogP contribution in [0, 0.1) is 17.2 Å². The molecule has 0 radical (unpaired) electrons. The zero-order valence-electron chi connectivity index (χ0n) is 32.2. The van der Waals surface area contributed by atoms with Crippen molar-refractivity contribution in [1.82, 2.24) is 0 Å². The van der Waals surface area contributed by atoms with Gasteiger partial charge in [-0.05, 0) is 96.8 Å². The highest BCUT2D eigenvalue weighted by Gasteiger charge is 2.44. The summed E-state index contributed by atoms with van der Waals surface area (Å²) in [7, 11) is 1.70. The molecule has 1 atom stereocenters. The van der Waals surface area contributed by atoms with Gasteiger partial charge in [0.05, 0.1) is 7.11 Å². The Labute approximate surface area is 318 Å². The molecule has 1 fully saturated rings. The molecular formula is C48H58N2O3. The van der Waals surface area contributed by atoms with Crippen molar-refractivity contribution in [2.24, 2.45) is 5.92 Å². The van der Waals surface area contributed by atoms with Gasteiger partial charge in [-0.25, -0.2) is 4.79 Å². The van der Waals surface area contributed by atoms with Crippen molar-refractivity contribution < 1.29 is 14.3 Å². The molecular weight excluding hydrogens is 653 g/mol. The number of rotatable bonds is 19. The molecule has 5 heteroatoms. The predicted molar refractivity (Wildman–Crippen MR) is 218 cm³/mol. The zero-order valence-corrected chi connectivity index (χ0v) is 32.2. The van der Waals surface area contributed by atoms with Crippen molar-refractivity contribution in [1.29, 1.82) is 5.26 Å². The second kappa shape index (κ2) is 20.4. The molecule has 0 bridgehead atoms. The minimum atomic E-state index is -0.661. The quantitative estimate of drug-likeness (QED) is 0.0242. The van der Waals surface area contributed by atoms with Crippen LogP contribution in [-0.2, 0) is 10.2 Å². The van der Waals surface area contributed by atoms with E-state index < -0.39 is 5.97 Å². The maximum atomic E-state index is 13.3. The SMILES string of the molecule is CCCCCCCCCCN(CC)c1ccc(C=C(C#N)C(=O)Oc2ccc(C(c3ccccc3)(c3ccc(OC)cc3)C3CCCCC3)cc2)cc1. The van der Waals surface area contributed by atoms with Crippen LogP contribution in [0.5, 0.6) is 11.5 Å². The van der Waals surface area contributed by atoms with Crippen molar-refractivity contribution in [2.45, 2.75) is 103 Å². The Hall–Kier alpha value is -4.82. The fourth-order valence-electron chi connectivity index (χ4n) is 8.24. The van der Waals surface area contributed by atoms with Gasteiger partial charge < -0.3 is 14.4 Å². The van der Waals surface area contributed by atoms with E-state index >= 15 is 0 Å². The third-order valence-corrected chi connectivity index (χ3v) is 11.1. The summed E-state index contributed by atoms with van der Waals surface area (Å²) in [6.45, 7) is 6.42. The summed E-state index contributed by atoms with van der Waals surface area (Å²) in [4.78, 5) is 15.7. The number of ether oxygens (including phenoxy) is 2. The van der Waals surface area contributed by atoms with Gasteiger partial charge in [-0.2, -0.15) is 5.26 Å². The van der Waals surface area contributed by atoms with Crippen LogP contribution in [0.2, 0.25) is 0 Å². The summed E-state index contributed by atoms with van der Waals surface area (Å²) in [5, 5.41) is 9.97. The Balaban J connectivity index is 1.30. The van der Waals surface area contributed by atoms with Crippen LogP contribution in [0.15, 0.2) is 109 Å². The zero-order chi connectivity index (χ0) is 37.3. The summed E-state index contributed by atoms with van der Waals surface area (Å²) in [5.41, 5.74) is 5.15. The monoisotopic (exact) mass is 710 g/mol. The van der Waals surface area contributed by atoms with Gasteiger partial charge in [-0.15, -0.1) is 0 Å². The lowest BCUT2D eigenvalue weighted by atomic mass is 9.58. The Morgan fingerprint density at radius 2 is 1.30 bits per heavy atom. The number of nitrogens with zero attached hydrogens (tertiary/aromatic N) is 2. The fourth-order valence-corrected chi connectivity index (χ4v) is 8.24. The Bertz CT molecular complexity index is 1750. The predicted octanol–water partition coefficient (Wildman–Crippen LogP) is 12.1. The highest BCUT2D eigenvalue weighted by Crippen LogP contribution is 2.51. The van der Waals surface area contributed by atoms with Crippen molar-refractivity contribution in [2.75, 3.05) is 25.1 Å². The number of hydrogen-bond donors (Lipinski definition) is 0. The normalized spacial score (nSPS) is 14.6. The van der Waals surface area contributed by atoms with Crippen LogP contribution in [0.4, 0.5) is 5.69 Å².